The highest BCUT2D eigenvalue weighted by Crippen LogP contribution is 2.42. The number of nitrogens with zero attached hydrogens (tertiary/aromatic N) is 1. The Balaban J connectivity index is 1.78. The van der Waals surface area contributed by atoms with Crippen molar-refractivity contribution in [2.75, 3.05) is 0 Å². The number of carbonyl (C=O) groups is 1. The van der Waals surface area contributed by atoms with Crippen LogP contribution in [-0.2, 0) is 10.9 Å². The molecule has 0 radical (unpaired) electrons. The number of ether oxygens (including phenoxy) is 1. The topological polar surface area (TPSA) is 39.2 Å². The van der Waals surface area contributed by atoms with Crippen LogP contribution in [0.25, 0.3) is 10.9 Å². The molecular formula is C32H31ClF3NO2. The molecule has 1 unspecified atom stereocenters. The quantitative estimate of drug-likeness (QED) is 0.214. The van der Waals surface area contributed by atoms with Gasteiger partial charge in [-0.05, 0) is 92.3 Å². The Morgan fingerprint density at radius 3 is 2.13 bits per heavy atom. The Morgan fingerprint density at radius 1 is 0.897 bits per heavy atom. The van der Waals surface area contributed by atoms with Crippen molar-refractivity contribution < 1.29 is 22.7 Å². The van der Waals surface area contributed by atoms with Gasteiger partial charge in [0.25, 0.3) is 0 Å². The molecule has 4 rings (SSSR count). The van der Waals surface area contributed by atoms with Gasteiger partial charge in [0.2, 0.25) is 0 Å². The highest BCUT2D eigenvalue weighted by atomic mass is 35.5. The lowest BCUT2D eigenvalue weighted by atomic mass is 9.75. The fourth-order valence-electron chi connectivity index (χ4n) is 4.85. The number of halogens is 4. The van der Waals surface area contributed by atoms with E-state index in [-0.39, 0.29) is 23.3 Å². The van der Waals surface area contributed by atoms with E-state index in [4.69, 9.17) is 16.3 Å². The highest BCUT2D eigenvalue weighted by Gasteiger charge is 2.31. The maximum absolute atomic E-state index is 13.2. The number of rotatable bonds is 7. The monoisotopic (exact) mass is 553 g/mol. The molecule has 204 valence electrons. The number of hydrogen-bond donors (Lipinski definition) is 0. The fourth-order valence-corrected chi connectivity index (χ4v) is 4.98. The van der Waals surface area contributed by atoms with Gasteiger partial charge >= 0.3 is 12.1 Å². The van der Waals surface area contributed by atoms with Crippen LogP contribution in [0.2, 0.25) is 5.02 Å². The third-order valence-electron chi connectivity index (χ3n) is 6.60. The van der Waals surface area contributed by atoms with Crippen LogP contribution < -0.4 is 0 Å². The zero-order chi connectivity index (χ0) is 28.4. The number of aromatic nitrogens is 1. The smallest absolute Gasteiger partial charge is 0.416 e. The number of carbonyl (C=O) groups excluding carboxylic acids is 1. The number of alkyl halides is 3. The molecule has 1 aromatic heterocycles. The van der Waals surface area contributed by atoms with Crippen LogP contribution in [0.5, 0.6) is 0 Å². The molecule has 0 aliphatic rings. The van der Waals surface area contributed by atoms with Gasteiger partial charge in [-0.15, -0.1) is 0 Å². The molecule has 0 amide bonds. The van der Waals surface area contributed by atoms with Crippen LogP contribution in [0.4, 0.5) is 13.2 Å². The lowest BCUT2D eigenvalue weighted by Gasteiger charge is -2.29. The van der Waals surface area contributed by atoms with Crippen LogP contribution in [0.15, 0.2) is 79.0 Å². The molecule has 0 bridgehead atoms. The molecule has 7 heteroatoms. The van der Waals surface area contributed by atoms with Crippen LogP contribution in [0.3, 0.4) is 0 Å². The van der Waals surface area contributed by atoms with Crippen molar-refractivity contribution in [3.63, 3.8) is 0 Å². The summed E-state index contributed by atoms with van der Waals surface area (Å²) in [5, 5.41) is 1.25. The molecule has 1 heterocycles. The van der Waals surface area contributed by atoms with Crippen molar-refractivity contribution in [1.29, 1.82) is 0 Å². The summed E-state index contributed by atoms with van der Waals surface area (Å²) >= 11 is 6.19. The van der Waals surface area contributed by atoms with Crippen molar-refractivity contribution >= 4 is 28.5 Å². The minimum absolute atomic E-state index is 0.0116. The number of esters is 1. The SMILES string of the molecule is CCC[C@H](c1ccc(C(=O)OC(C)(C)C)cc1)C(c1ccc(Cl)cc1)c1cnc2cc(C(F)(F)F)ccc2c1. The van der Waals surface area contributed by atoms with Crippen molar-refractivity contribution in [2.24, 2.45) is 0 Å². The number of hydrogen-bond acceptors (Lipinski definition) is 3. The van der Waals surface area contributed by atoms with Gasteiger partial charge in [-0.3, -0.25) is 4.98 Å². The van der Waals surface area contributed by atoms with Gasteiger partial charge in [0.05, 0.1) is 16.6 Å². The molecule has 0 saturated heterocycles. The molecule has 3 aromatic carbocycles. The summed E-state index contributed by atoms with van der Waals surface area (Å²) in [4.78, 5) is 17.0. The number of fused-ring (bicyclic) bond motifs is 1. The second-order valence-electron chi connectivity index (χ2n) is 10.7. The predicted molar refractivity (Wildman–Crippen MR) is 149 cm³/mol. The number of benzene rings is 3. The molecule has 0 aliphatic carbocycles. The Bertz CT molecular complexity index is 1440. The van der Waals surface area contributed by atoms with Gasteiger partial charge in [-0.2, -0.15) is 13.2 Å². The summed E-state index contributed by atoms with van der Waals surface area (Å²) in [6.45, 7) is 7.59. The highest BCUT2D eigenvalue weighted by molar-refractivity contribution is 6.30. The summed E-state index contributed by atoms with van der Waals surface area (Å²) in [6, 6.07) is 20.6. The van der Waals surface area contributed by atoms with Crippen LogP contribution in [-0.4, -0.2) is 16.6 Å². The molecule has 0 spiro atoms. The van der Waals surface area contributed by atoms with Crippen molar-refractivity contribution in [3.05, 3.63) is 112 Å². The molecule has 0 aliphatic heterocycles. The first-order chi connectivity index (χ1) is 18.4. The first kappa shape index (κ1) is 28.6. The van der Waals surface area contributed by atoms with Gasteiger partial charge in [0.1, 0.15) is 5.60 Å². The van der Waals surface area contributed by atoms with E-state index in [1.54, 1.807) is 18.3 Å². The zero-order valence-corrected chi connectivity index (χ0v) is 23.1. The Labute approximate surface area is 232 Å². The van der Waals surface area contributed by atoms with E-state index in [0.717, 1.165) is 41.7 Å². The summed E-state index contributed by atoms with van der Waals surface area (Å²) in [5.74, 6) is -0.515. The van der Waals surface area contributed by atoms with E-state index in [0.29, 0.717) is 16.0 Å². The standard InChI is InChI=1S/C32H31ClF3NO2/c1-5-6-27(20-7-9-22(10-8-20)30(38)39-31(2,3)4)29(21-12-15-26(33)16-13-21)24-17-23-11-14-25(32(34,35)36)18-28(23)37-19-24/h7-19,27,29H,5-6H2,1-4H3/t27-,29?/m1/s1. The minimum atomic E-state index is -4.43. The second kappa shape index (κ2) is 11.4. The Kier molecular flexibility index (Phi) is 8.36. The lowest BCUT2D eigenvalue weighted by Crippen LogP contribution is -2.23. The summed E-state index contributed by atoms with van der Waals surface area (Å²) in [7, 11) is 0. The molecule has 4 aromatic rings. The summed E-state index contributed by atoms with van der Waals surface area (Å²) in [5.41, 5.74) is 2.39. The molecular weight excluding hydrogens is 523 g/mol. The molecule has 0 N–H and O–H groups in total. The first-order valence-corrected chi connectivity index (χ1v) is 13.3. The first-order valence-electron chi connectivity index (χ1n) is 12.9. The molecule has 2 atom stereocenters. The zero-order valence-electron chi connectivity index (χ0n) is 22.4. The van der Waals surface area contributed by atoms with Crippen LogP contribution in [0, 0.1) is 0 Å². The fraction of sp³-hybridized carbons (Fsp3) is 0.312. The van der Waals surface area contributed by atoms with Crippen LogP contribution in [0.1, 0.15) is 85.0 Å². The normalized spacial score (nSPS) is 13.7. The molecule has 0 fully saturated rings. The van der Waals surface area contributed by atoms with E-state index in [9.17, 15) is 18.0 Å². The summed E-state index contributed by atoms with van der Waals surface area (Å²) in [6.07, 6.45) is -1.03. The van der Waals surface area contributed by atoms with Gasteiger partial charge < -0.3 is 4.74 Å². The molecule has 3 nitrogen and oxygen atoms in total. The van der Waals surface area contributed by atoms with Gasteiger partial charge in [-0.1, -0.05) is 55.3 Å². The van der Waals surface area contributed by atoms with E-state index in [2.05, 4.69) is 11.9 Å². The van der Waals surface area contributed by atoms with Crippen molar-refractivity contribution in [2.45, 2.75) is 64.1 Å². The average Bonchev–Trinajstić information content (AvgIpc) is 2.87. The second-order valence-corrected chi connectivity index (χ2v) is 11.2. The third-order valence-corrected chi connectivity index (χ3v) is 6.85. The van der Waals surface area contributed by atoms with Gasteiger partial charge in [0.15, 0.2) is 0 Å². The third kappa shape index (κ3) is 6.99. The maximum atomic E-state index is 13.2. The lowest BCUT2D eigenvalue weighted by molar-refractivity contribution is -0.137. The van der Waals surface area contributed by atoms with E-state index in [1.165, 1.54) is 6.07 Å². The minimum Gasteiger partial charge on any atom is -0.456 e. The van der Waals surface area contributed by atoms with Crippen LogP contribution >= 0.6 is 11.6 Å². The predicted octanol–water partition coefficient (Wildman–Crippen LogP) is 9.58. The van der Waals surface area contributed by atoms with Gasteiger partial charge in [0, 0.05) is 22.5 Å². The largest absolute Gasteiger partial charge is 0.456 e. The van der Waals surface area contributed by atoms with E-state index >= 15 is 0 Å². The van der Waals surface area contributed by atoms with Crippen molar-refractivity contribution in [1.82, 2.24) is 4.98 Å². The summed E-state index contributed by atoms with van der Waals surface area (Å²) < 4.78 is 45.3. The molecule has 0 saturated carbocycles. The molecule has 39 heavy (non-hydrogen) atoms. The Hall–Kier alpha value is -3.38. The van der Waals surface area contributed by atoms with Gasteiger partial charge in [-0.25, -0.2) is 4.79 Å². The average molecular weight is 554 g/mol. The number of pyridine rings is 1. The van der Waals surface area contributed by atoms with Crippen molar-refractivity contribution in [3.8, 4) is 0 Å². The van der Waals surface area contributed by atoms with E-state index < -0.39 is 17.3 Å². The Morgan fingerprint density at radius 2 is 1.54 bits per heavy atom. The maximum Gasteiger partial charge on any atom is 0.416 e. The van der Waals surface area contributed by atoms with E-state index in [1.807, 2.05) is 63.2 Å².